The smallest absolute Gasteiger partial charge is 0.251 e. The molecule has 1 amide bonds. The Kier molecular flexibility index (Phi) is 4.46. The van der Waals surface area contributed by atoms with Crippen LogP contribution in [0.25, 0.3) is 0 Å². The molecule has 3 heteroatoms. The number of amides is 1. The lowest BCUT2D eigenvalue weighted by Crippen LogP contribution is -2.39. The lowest BCUT2D eigenvalue weighted by Gasteiger charge is -2.23. The molecule has 2 atom stereocenters. The monoisotopic (exact) mass is 260 g/mol. The summed E-state index contributed by atoms with van der Waals surface area (Å²) < 4.78 is 0. The van der Waals surface area contributed by atoms with Gasteiger partial charge in [0.2, 0.25) is 0 Å². The predicted octanol–water partition coefficient (Wildman–Crippen LogP) is 3.28. The molecule has 19 heavy (non-hydrogen) atoms. The second-order valence-corrected chi connectivity index (χ2v) is 5.77. The number of hydrogen-bond donors (Lipinski definition) is 2. The Morgan fingerprint density at radius 3 is 2.79 bits per heavy atom. The summed E-state index contributed by atoms with van der Waals surface area (Å²) in [7, 11) is 0. The molecule has 0 spiro atoms. The van der Waals surface area contributed by atoms with E-state index < -0.39 is 0 Å². The number of carbonyl (C=O) groups excluding carboxylic acids is 1. The first kappa shape index (κ1) is 13.9. The molecule has 104 valence electrons. The molecular formula is C16H24N2O. The average molecular weight is 260 g/mol. The lowest BCUT2D eigenvalue weighted by molar-refractivity contribution is 0.0921. The zero-order valence-electron chi connectivity index (χ0n) is 11.9. The SMILES string of the molecule is Cc1ccc(N)cc1C(=O)NC1CCCCCC1C. The van der Waals surface area contributed by atoms with Crippen molar-refractivity contribution in [2.75, 3.05) is 5.73 Å². The second kappa shape index (κ2) is 6.09. The van der Waals surface area contributed by atoms with Crippen LogP contribution in [0.1, 0.15) is 54.9 Å². The molecule has 3 nitrogen and oxygen atoms in total. The minimum absolute atomic E-state index is 0.0172. The standard InChI is InChI=1S/C16H24N2O/c1-11-8-9-13(17)10-14(11)16(19)18-15-7-5-3-4-6-12(15)2/h8-10,12,15H,3-7,17H2,1-2H3,(H,18,19). The minimum Gasteiger partial charge on any atom is -0.399 e. The number of hydrogen-bond acceptors (Lipinski definition) is 2. The fourth-order valence-electron chi connectivity index (χ4n) is 2.84. The van der Waals surface area contributed by atoms with E-state index in [0.29, 0.717) is 23.2 Å². The quantitative estimate of drug-likeness (QED) is 0.633. The Hall–Kier alpha value is -1.51. The summed E-state index contributed by atoms with van der Waals surface area (Å²) >= 11 is 0. The highest BCUT2D eigenvalue weighted by molar-refractivity contribution is 5.96. The van der Waals surface area contributed by atoms with Crippen LogP contribution in [0, 0.1) is 12.8 Å². The largest absolute Gasteiger partial charge is 0.399 e. The van der Waals surface area contributed by atoms with E-state index in [1.807, 2.05) is 19.1 Å². The van der Waals surface area contributed by atoms with Gasteiger partial charge in [-0.25, -0.2) is 0 Å². The van der Waals surface area contributed by atoms with Gasteiger partial charge >= 0.3 is 0 Å². The number of nitrogen functional groups attached to an aromatic ring is 1. The summed E-state index contributed by atoms with van der Waals surface area (Å²) in [6, 6.07) is 5.81. The molecular weight excluding hydrogens is 236 g/mol. The number of nitrogens with two attached hydrogens (primary N) is 1. The Balaban J connectivity index is 2.09. The van der Waals surface area contributed by atoms with Crippen LogP contribution in [0.2, 0.25) is 0 Å². The van der Waals surface area contributed by atoms with Gasteiger partial charge in [0.05, 0.1) is 0 Å². The van der Waals surface area contributed by atoms with Crippen LogP contribution >= 0.6 is 0 Å². The molecule has 1 aromatic rings. The van der Waals surface area contributed by atoms with Crippen molar-refractivity contribution >= 4 is 11.6 Å². The fourth-order valence-corrected chi connectivity index (χ4v) is 2.84. The van der Waals surface area contributed by atoms with Gasteiger partial charge in [-0.05, 0) is 43.4 Å². The summed E-state index contributed by atoms with van der Waals surface area (Å²) in [5.41, 5.74) is 8.10. The molecule has 1 fully saturated rings. The van der Waals surface area contributed by atoms with Gasteiger partial charge in [0.25, 0.3) is 5.91 Å². The fraction of sp³-hybridized carbons (Fsp3) is 0.562. The van der Waals surface area contributed by atoms with Crippen molar-refractivity contribution in [3.63, 3.8) is 0 Å². The van der Waals surface area contributed by atoms with E-state index in [2.05, 4.69) is 12.2 Å². The van der Waals surface area contributed by atoms with E-state index >= 15 is 0 Å². The Labute approximate surface area is 115 Å². The van der Waals surface area contributed by atoms with Crippen LogP contribution in [-0.4, -0.2) is 11.9 Å². The third-order valence-electron chi connectivity index (χ3n) is 4.18. The summed E-state index contributed by atoms with van der Waals surface area (Å²) in [4.78, 5) is 12.4. The van der Waals surface area contributed by atoms with Crippen molar-refractivity contribution in [3.05, 3.63) is 29.3 Å². The molecule has 2 unspecified atom stereocenters. The van der Waals surface area contributed by atoms with Crippen molar-refractivity contribution in [2.24, 2.45) is 5.92 Å². The highest BCUT2D eigenvalue weighted by Crippen LogP contribution is 2.23. The molecule has 0 aromatic heterocycles. The van der Waals surface area contributed by atoms with Crippen LogP contribution < -0.4 is 11.1 Å². The van der Waals surface area contributed by atoms with E-state index in [9.17, 15) is 4.79 Å². The van der Waals surface area contributed by atoms with Crippen molar-refractivity contribution < 1.29 is 4.79 Å². The summed E-state index contributed by atoms with van der Waals surface area (Å²) in [6.45, 7) is 4.19. The van der Waals surface area contributed by atoms with E-state index in [1.165, 1.54) is 25.7 Å². The van der Waals surface area contributed by atoms with Crippen LogP contribution in [0.4, 0.5) is 5.69 Å². The van der Waals surface area contributed by atoms with Gasteiger partial charge in [-0.15, -0.1) is 0 Å². The van der Waals surface area contributed by atoms with Gasteiger partial charge in [0.1, 0.15) is 0 Å². The molecule has 0 radical (unpaired) electrons. The summed E-state index contributed by atoms with van der Waals surface area (Å²) in [6.07, 6.45) is 6.08. The van der Waals surface area contributed by atoms with E-state index in [4.69, 9.17) is 5.73 Å². The van der Waals surface area contributed by atoms with Gasteiger partial charge in [-0.1, -0.05) is 32.3 Å². The molecule has 3 N–H and O–H groups in total. The first-order valence-electron chi connectivity index (χ1n) is 7.25. The molecule has 1 saturated carbocycles. The van der Waals surface area contributed by atoms with Crippen molar-refractivity contribution in [2.45, 2.75) is 52.0 Å². The number of rotatable bonds is 2. The van der Waals surface area contributed by atoms with Gasteiger partial charge in [0.15, 0.2) is 0 Å². The highest BCUT2D eigenvalue weighted by Gasteiger charge is 2.22. The Morgan fingerprint density at radius 1 is 1.26 bits per heavy atom. The predicted molar refractivity (Wildman–Crippen MR) is 79.1 cm³/mol. The maximum absolute atomic E-state index is 12.4. The van der Waals surface area contributed by atoms with Crippen LogP contribution in [0.5, 0.6) is 0 Å². The third-order valence-corrected chi connectivity index (χ3v) is 4.18. The summed E-state index contributed by atoms with van der Waals surface area (Å²) in [5.74, 6) is 0.580. The molecule has 0 saturated heterocycles. The normalized spacial score (nSPS) is 23.7. The average Bonchev–Trinajstić information content (AvgIpc) is 2.58. The number of anilines is 1. The van der Waals surface area contributed by atoms with Crippen molar-refractivity contribution in [1.82, 2.24) is 5.32 Å². The molecule has 0 aliphatic heterocycles. The molecule has 1 aromatic carbocycles. The molecule has 0 heterocycles. The zero-order valence-corrected chi connectivity index (χ0v) is 11.9. The third kappa shape index (κ3) is 3.49. The van der Waals surface area contributed by atoms with E-state index in [1.54, 1.807) is 6.07 Å². The van der Waals surface area contributed by atoms with Gasteiger partial charge in [-0.3, -0.25) is 4.79 Å². The molecule has 2 rings (SSSR count). The van der Waals surface area contributed by atoms with Crippen LogP contribution in [0.3, 0.4) is 0 Å². The van der Waals surface area contributed by atoms with Gasteiger partial charge < -0.3 is 11.1 Å². The second-order valence-electron chi connectivity index (χ2n) is 5.77. The maximum Gasteiger partial charge on any atom is 0.251 e. The highest BCUT2D eigenvalue weighted by atomic mass is 16.1. The number of benzene rings is 1. The van der Waals surface area contributed by atoms with Gasteiger partial charge in [-0.2, -0.15) is 0 Å². The lowest BCUT2D eigenvalue weighted by atomic mass is 9.96. The number of aryl methyl sites for hydroxylation is 1. The molecule has 1 aliphatic carbocycles. The Bertz CT molecular complexity index is 456. The summed E-state index contributed by atoms with van der Waals surface area (Å²) in [5, 5.41) is 3.20. The van der Waals surface area contributed by atoms with Crippen LogP contribution in [-0.2, 0) is 0 Å². The number of nitrogens with one attached hydrogen (secondary N) is 1. The first-order valence-corrected chi connectivity index (χ1v) is 7.25. The van der Waals surface area contributed by atoms with Gasteiger partial charge in [0, 0.05) is 17.3 Å². The van der Waals surface area contributed by atoms with E-state index in [0.717, 1.165) is 12.0 Å². The first-order chi connectivity index (χ1) is 9.08. The molecule has 1 aliphatic rings. The zero-order chi connectivity index (χ0) is 13.8. The topological polar surface area (TPSA) is 55.1 Å². The Morgan fingerprint density at radius 2 is 2.00 bits per heavy atom. The minimum atomic E-state index is 0.0172. The molecule has 0 bridgehead atoms. The van der Waals surface area contributed by atoms with Crippen LogP contribution in [0.15, 0.2) is 18.2 Å². The number of carbonyl (C=O) groups is 1. The van der Waals surface area contributed by atoms with Crippen molar-refractivity contribution in [3.8, 4) is 0 Å². The van der Waals surface area contributed by atoms with E-state index in [-0.39, 0.29) is 5.91 Å². The van der Waals surface area contributed by atoms with Crippen molar-refractivity contribution in [1.29, 1.82) is 0 Å². The maximum atomic E-state index is 12.4.